The van der Waals surface area contributed by atoms with Gasteiger partial charge in [0.25, 0.3) is 0 Å². The van der Waals surface area contributed by atoms with Crippen LogP contribution in [-0.4, -0.2) is 34.4 Å². The van der Waals surface area contributed by atoms with Crippen LogP contribution in [0.1, 0.15) is 29.7 Å². The Balaban J connectivity index is 1.47. The number of pyridine rings is 1. The fourth-order valence-corrected chi connectivity index (χ4v) is 3.75. The number of methoxy groups -OCH3 is 1. The van der Waals surface area contributed by atoms with Gasteiger partial charge in [-0.2, -0.15) is 9.78 Å². The number of para-hydroxylation sites is 2. The molecule has 0 unspecified atom stereocenters. The highest BCUT2D eigenvalue weighted by Crippen LogP contribution is 2.28. The van der Waals surface area contributed by atoms with Crippen molar-refractivity contribution in [2.24, 2.45) is 0 Å². The summed E-state index contributed by atoms with van der Waals surface area (Å²) in [6.45, 7) is 6.39. The topological polar surface area (TPSA) is 78.3 Å². The van der Waals surface area contributed by atoms with Gasteiger partial charge >= 0.3 is 0 Å². The number of carbonyl (C=O) groups excluding carboxylic acids is 1. The Morgan fingerprint density at radius 2 is 1.79 bits per heavy atom. The average molecular weight is 445 g/mol. The van der Waals surface area contributed by atoms with E-state index in [-0.39, 0.29) is 5.91 Å². The second kappa shape index (κ2) is 9.73. The molecular formula is C26H28N4O3. The molecular weight excluding hydrogens is 416 g/mol. The lowest BCUT2D eigenvalue weighted by Crippen LogP contribution is -2.16. The van der Waals surface area contributed by atoms with E-state index >= 15 is 0 Å². The third-order valence-corrected chi connectivity index (χ3v) is 5.43. The van der Waals surface area contributed by atoms with Crippen molar-refractivity contribution in [2.75, 3.05) is 19.0 Å². The minimum atomic E-state index is -0.0976. The van der Waals surface area contributed by atoms with Gasteiger partial charge in [0, 0.05) is 17.9 Å². The first-order valence-corrected chi connectivity index (χ1v) is 11.0. The van der Waals surface area contributed by atoms with E-state index in [2.05, 4.69) is 10.4 Å². The maximum atomic E-state index is 12.6. The van der Waals surface area contributed by atoms with Crippen molar-refractivity contribution < 1.29 is 14.3 Å². The molecule has 7 heteroatoms. The number of amides is 1. The van der Waals surface area contributed by atoms with Crippen LogP contribution in [0.25, 0.3) is 16.7 Å². The van der Waals surface area contributed by atoms with Gasteiger partial charge in [-0.1, -0.05) is 30.3 Å². The lowest BCUT2D eigenvalue weighted by atomic mass is 10.1. The summed E-state index contributed by atoms with van der Waals surface area (Å²) in [7, 11) is 1.63. The van der Waals surface area contributed by atoms with Crippen molar-refractivity contribution in [2.45, 2.75) is 33.6 Å². The predicted octanol–water partition coefficient (Wildman–Crippen LogP) is 5.15. The van der Waals surface area contributed by atoms with Crippen molar-refractivity contribution >= 4 is 22.6 Å². The normalized spacial score (nSPS) is 10.9. The van der Waals surface area contributed by atoms with Crippen molar-refractivity contribution in [1.29, 1.82) is 0 Å². The quantitative estimate of drug-likeness (QED) is 0.380. The van der Waals surface area contributed by atoms with Gasteiger partial charge in [-0.3, -0.25) is 4.79 Å². The second-order valence-corrected chi connectivity index (χ2v) is 8.00. The predicted molar refractivity (Wildman–Crippen MR) is 129 cm³/mol. The maximum absolute atomic E-state index is 12.6. The fourth-order valence-electron chi connectivity index (χ4n) is 3.75. The first-order valence-electron chi connectivity index (χ1n) is 11.0. The van der Waals surface area contributed by atoms with Crippen LogP contribution >= 0.6 is 0 Å². The van der Waals surface area contributed by atoms with E-state index in [4.69, 9.17) is 14.5 Å². The molecule has 0 atom stereocenters. The van der Waals surface area contributed by atoms with Crippen LogP contribution < -0.4 is 14.8 Å². The van der Waals surface area contributed by atoms with Gasteiger partial charge in [0.1, 0.15) is 22.8 Å². The zero-order chi connectivity index (χ0) is 23.4. The first-order chi connectivity index (χ1) is 16.0. The molecule has 0 aliphatic carbocycles. The zero-order valence-electron chi connectivity index (χ0n) is 19.4. The van der Waals surface area contributed by atoms with E-state index in [1.54, 1.807) is 11.8 Å². The number of aromatic nitrogens is 3. The largest absolute Gasteiger partial charge is 0.494 e. The van der Waals surface area contributed by atoms with Crippen LogP contribution in [0.3, 0.4) is 0 Å². The minimum absolute atomic E-state index is 0.0976. The Morgan fingerprint density at radius 1 is 1.00 bits per heavy atom. The Kier molecular flexibility index (Phi) is 6.58. The Morgan fingerprint density at radius 3 is 2.58 bits per heavy atom. The number of nitrogens with zero attached hydrogens (tertiary/aromatic N) is 3. The molecule has 0 spiro atoms. The van der Waals surface area contributed by atoms with Gasteiger partial charge in [-0.05, 0) is 56.5 Å². The lowest BCUT2D eigenvalue weighted by Gasteiger charge is -2.12. The molecule has 0 aliphatic heterocycles. The summed E-state index contributed by atoms with van der Waals surface area (Å²) in [5, 5.41) is 8.54. The lowest BCUT2D eigenvalue weighted by molar-refractivity contribution is -0.116. The molecule has 0 fully saturated rings. The van der Waals surface area contributed by atoms with Gasteiger partial charge in [0.05, 0.1) is 19.4 Å². The van der Waals surface area contributed by atoms with Crippen LogP contribution in [0.4, 0.5) is 5.82 Å². The Hall–Kier alpha value is -3.87. The first kappa shape index (κ1) is 22.3. The van der Waals surface area contributed by atoms with Crippen molar-refractivity contribution in [3.05, 3.63) is 71.4 Å². The number of rotatable bonds is 8. The summed E-state index contributed by atoms with van der Waals surface area (Å²) in [4.78, 5) is 17.4. The third kappa shape index (κ3) is 4.98. The number of nitrogens with one attached hydrogen (secondary N) is 1. The second-order valence-electron chi connectivity index (χ2n) is 8.00. The highest BCUT2D eigenvalue weighted by Gasteiger charge is 2.15. The molecule has 170 valence electrons. The third-order valence-electron chi connectivity index (χ3n) is 5.43. The van der Waals surface area contributed by atoms with Crippen LogP contribution in [0.15, 0.2) is 54.6 Å². The van der Waals surface area contributed by atoms with Gasteiger partial charge < -0.3 is 14.8 Å². The van der Waals surface area contributed by atoms with E-state index in [0.29, 0.717) is 36.8 Å². The summed E-state index contributed by atoms with van der Waals surface area (Å²) in [6.07, 6.45) is 0.950. The molecule has 33 heavy (non-hydrogen) atoms. The fraction of sp³-hybridized carbons (Fsp3) is 0.269. The molecule has 0 saturated carbocycles. The molecule has 0 radical (unpaired) electrons. The summed E-state index contributed by atoms with van der Waals surface area (Å²) >= 11 is 0. The van der Waals surface area contributed by atoms with Crippen LogP contribution in [-0.2, 0) is 4.79 Å². The van der Waals surface area contributed by atoms with Crippen LogP contribution in [0.2, 0.25) is 0 Å². The summed E-state index contributed by atoms with van der Waals surface area (Å²) in [5.74, 6) is 2.65. The number of ether oxygens (including phenoxy) is 2. The van der Waals surface area contributed by atoms with Crippen molar-refractivity contribution in [1.82, 2.24) is 14.8 Å². The molecule has 0 bridgehead atoms. The van der Waals surface area contributed by atoms with Crippen molar-refractivity contribution in [3.8, 4) is 17.3 Å². The molecule has 4 rings (SSSR count). The maximum Gasteiger partial charge on any atom is 0.225 e. The van der Waals surface area contributed by atoms with Crippen LogP contribution in [0, 0.1) is 20.8 Å². The molecule has 0 saturated heterocycles. The smallest absolute Gasteiger partial charge is 0.225 e. The molecule has 1 amide bonds. The highest BCUT2D eigenvalue weighted by atomic mass is 16.5. The molecule has 7 nitrogen and oxygen atoms in total. The summed E-state index contributed by atoms with van der Waals surface area (Å²) in [6, 6.07) is 17.5. The average Bonchev–Trinajstić information content (AvgIpc) is 3.17. The number of benzene rings is 2. The highest BCUT2D eigenvalue weighted by molar-refractivity contribution is 5.91. The molecule has 0 aliphatic rings. The van der Waals surface area contributed by atoms with Crippen LogP contribution in [0.5, 0.6) is 11.5 Å². The molecule has 4 aromatic rings. The number of anilines is 1. The number of fused-ring (bicyclic) bond motifs is 1. The summed E-state index contributed by atoms with van der Waals surface area (Å²) in [5.41, 5.74) is 3.67. The van der Waals surface area contributed by atoms with E-state index in [0.717, 1.165) is 33.5 Å². The van der Waals surface area contributed by atoms with Crippen molar-refractivity contribution in [3.63, 3.8) is 0 Å². The molecule has 1 N–H and O–H groups in total. The number of hydrogen-bond acceptors (Lipinski definition) is 5. The van der Waals surface area contributed by atoms with Gasteiger partial charge in [0.15, 0.2) is 5.82 Å². The van der Waals surface area contributed by atoms with E-state index in [1.807, 2.05) is 75.4 Å². The number of hydrogen-bond donors (Lipinski definition) is 1. The monoisotopic (exact) mass is 444 g/mol. The van der Waals surface area contributed by atoms with E-state index in [9.17, 15) is 4.79 Å². The standard InChI is InChI=1S/C26H28N4O3/c1-17-9-5-6-11-21(17)33-14-8-13-25(31)27-24-16-19(3)29-30(24)23-15-18(2)20-10-7-12-22(32-4)26(20)28-23/h5-7,9-12,15-16H,8,13-14H2,1-4H3,(H,27,31). The summed E-state index contributed by atoms with van der Waals surface area (Å²) < 4.78 is 12.9. The molecule has 2 aromatic carbocycles. The Labute approximate surface area is 193 Å². The molecule has 2 aromatic heterocycles. The minimum Gasteiger partial charge on any atom is -0.494 e. The number of aryl methyl sites for hydroxylation is 3. The molecule has 2 heterocycles. The van der Waals surface area contributed by atoms with E-state index in [1.165, 1.54) is 0 Å². The Bertz CT molecular complexity index is 1300. The van der Waals surface area contributed by atoms with E-state index < -0.39 is 0 Å². The van der Waals surface area contributed by atoms with Gasteiger partial charge in [-0.25, -0.2) is 4.98 Å². The van der Waals surface area contributed by atoms with Gasteiger partial charge in [-0.15, -0.1) is 0 Å². The zero-order valence-corrected chi connectivity index (χ0v) is 19.4. The number of carbonyl (C=O) groups is 1. The SMILES string of the molecule is COc1cccc2c(C)cc(-n3nc(C)cc3NC(=O)CCCOc3ccccc3C)nc12. The van der Waals surface area contributed by atoms with Gasteiger partial charge in [0.2, 0.25) is 5.91 Å².